The second-order valence-corrected chi connectivity index (χ2v) is 6.29. The average molecular weight is 373 g/mol. The number of nitrogens with one attached hydrogen (secondary N) is 1. The summed E-state index contributed by atoms with van der Waals surface area (Å²) in [6.07, 6.45) is 1.75. The van der Waals surface area contributed by atoms with Gasteiger partial charge in [-0.3, -0.25) is 4.68 Å². The molecule has 1 atom stereocenters. The van der Waals surface area contributed by atoms with E-state index in [2.05, 4.69) is 40.2 Å². The standard InChI is InChI=1S/C15H19BrClN3O/c1-9(2)20-15(13(21-4)8-19-20)14(18-3)10-5-6-11(16)12(17)7-10/h5-9,14,18H,1-4H3. The number of hydrogen-bond acceptors (Lipinski definition) is 3. The normalized spacial score (nSPS) is 12.7. The van der Waals surface area contributed by atoms with Gasteiger partial charge in [-0.15, -0.1) is 0 Å². The number of benzene rings is 1. The molecule has 1 heterocycles. The minimum Gasteiger partial charge on any atom is -0.493 e. The average Bonchev–Trinajstić information content (AvgIpc) is 2.87. The van der Waals surface area contributed by atoms with Crippen LogP contribution in [-0.4, -0.2) is 23.9 Å². The summed E-state index contributed by atoms with van der Waals surface area (Å²) in [6, 6.07) is 6.13. The lowest BCUT2D eigenvalue weighted by molar-refractivity contribution is 0.396. The molecule has 114 valence electrons. The van der Waals surface area contributed by atoms with E-state index in [4.69, 9.17) is 16.3 Å². The van der Waals surface area contributed by atoms with Crippen LogP contribution in [-0.2, 0) is 0 Å². The molecule has 0 bridgehead atoms. The monoisotopic (exact) mass is 371 g/mol. The maximum atomic E-state index is 6.22. The third-order valence-electron chi connectivity index (χ3n) is 3.35. The highest BCUT2D eigenvalue weighted by Gasteiger charge is 2.24. The van der Waals surface area contributed by atoms with E-state index < -0.39 is 0 Å². The third kappa shape index (κ3) is 3.25. The Morgan fingerprint density at radius 2 is 2.10 bits per heavy atom. The van der Waals surface area contributed by atoms with Gasteiger partial charge in [-0.1, -0.05) is 17.7 Å². The Balaban J connectivity index is 2.55. The lowest BCUT2D eigenvalue weighted by Gasteiger charge is -2.22. The van der Waals surface area contributed by atoms with Crippen molar-refractivity contribution in [2.24, 2.45) is 0 Å². The molecule has 4 nitrogen and oxygen atoms in total. The van der Waals surface area contributed by atoms with Crippen LogP contribution in [0.15, 0.2) is 28.9 Å². The summed E-state index contributed by atoms with van der Waals surface area (Å²) < 4.78 is 8.32. The van der Waals surface area contributed by atoms with Crippen LogP contribution < -0.4 is 10.1 Å². The van der Waals surface area contributed by atoms with Gasteiger partial charge in [0.05, 0.1) is 24.4 Å². The molecule has 6 heteroatoms. The Morgan fingerprint density at radius 1 is 1.38 bits per heavy atom. The minimum absolute atomic E-state index is 0.0459. The molecule has 0 saturated heterocycles. The molecule has 1 N–H and O–H groups in total. The predicted octanol–water partition coefficient (Wildman–Crippen LogP) is 4.20. The zero-order valence-electron chi connectivity index (χ0n) is 12.5. The summed E-state index contributed by atoms with van der Waals surface area (Å²) in [5.41, 5.74) is 2.06. The second kappa shape index (κ2) is 6.81. The van der Waals surface area contributed by atoms with Crippen molar-refractivity contribution in [3.63, 3.8) is 0 Å². The van der Waals surface area contributed by atoms with Gasteiger partial charge in [0.15, 0.2) is 5.75 Å². The Morgan fingerprint density at radius 3 is 2.62 bits per heavy atom. The number of hydrogen-bond donors (Lipinski definition) is 1. The first-order chi connectivity index (χ1) is 9.99. The molecule has 1 aromatic carbocycles. The maximum absolute atomic E-state index is 6.22. The predicted molar refractivity (Wildman–Crippen MR) is 89.2 cm³/mol. The molecular weight excluding hydrogens is 354 g/mol. The molecule has 0 saturated carbocycles. The van der Waals surface area contributed by atoms with Crippen LogP contribution >= 0.6 is 27.5 Å². The summed E-state index contributed by atoms with van der Waals surface area (Å²) in [4.78, 5) is 0. The van der Waals surface area contributed by atoms with Crippen molar-refractivity contribution in [2.75, 3.05) is 14.2 Å². The van der Waals surface area contributed by atoms with Gasteiger partial charge in [0.1, 0.15) is 5.69 Å². The van der Waals surface area contributed by atoms with Crippen molar-refractivity contribution in [3.8, 4) is 5.75 Å². The van der Waals surface area contributed by atoms with Gasteiger partial charge in [0, 0.05) is 10.5 Å². The minimum atomic E-state index is -0.0459. The Labute approximate surface area is 138 Å². The highest BCUT2D eigenvalue weighted by Crippen LogP contribution is 2.34. The Hall–Kier alpha value is -1.04. The van der Waals surface area contributed by atoms with Crippen molar-refractivity contribution in [2.45, 2.75) is 25.9 Å². The topological polar surface area (TPSA) is 39.1 Å². The first kappa shape index (κ1) is 16.3. The molecule has 1 aromatic heterocycles. The van der Waals surface area contributed by atoms with Crippen LogP contribution in [0.3, 0.4) is 0 Å². The first-order valence-electron chi connectivity index (χ1n) is 6.73. The van der Waals surface area contributed by atoms with Gasteiger partial charge in [-0.25, -0.2) is 0 Å². The van der Waals surface area contributed by atoms with Crippen molar-refractivity contribution in [1.82, 2.24) is 15.1 Å². The number of aromatic nitrogens is 2. The molecule has 0 aliphatic heterocycles. The highest BCUT2D eigenvalue weighted by molar-refractivity contribution is 9.10. The van der Waals surface area contributed by atoms with Gasteiger partial charge in [-0.05, 0) is 54.5 Å². The van der Waals surface area contributed by atoms with Gasteiger partial charge >= 0.3 is 0 Å². The Bertz CT molecular complexity index is 627. The van der Waals surface area contributed by atoms with E-state index in [9.17, 15) is 0 Å². The molecule has 0 aliphatic carbocycles. The first-order valence-corrected chi connectivity index (χ1v) is 7.90. The maximum Gasteiger partial charge on any atom is 0.161 e. The summed E-state index contributed by atoms with van der Waals surface area (Å²) in [6.45, 7) is 4.19. The summed E-state index contributed by atoms with van der Waals surface area (Å²) in [5.74, 6) is 0.766. The van der Waals surface area contributed by atoms with Crippen molar-refractivity contribution < 1.29 is 4.74 Å². The van der Waals surface area contributed by atoms with Gasteiger partial charge in [0.25, 0.3) is 0 Å². The van der Waals surface area contributed by atoms with Crippen LogP contribution in [0.25, 0.3) is 0 Å². The van der Waals surface area contributed by atoms with E-state index in [0.29, 0.717) is 5.02 Å². The zero-order valence-corrected chi connectivity index (χ0v) is 14.9. The molecule has 2 aromatic rings. The number of nitrogens with zero attached hydrogens (tertiary/aromatic N) is 2. The van der Waals surface area contributed by atoms with Crippen molar-refractivity contribution in [1.29, 1.82) is 0 Å². The molecule has 0 radical (unpaired) electrons. The van der Waals surface area contributed by atoms with Crippen LogP contribution in [0.5, 0.6) is 5.75 Å². The van der Waals surface area contributed by atoms with Crippen LogP contribution in [0.4, 0.5) is 0 Å². The van der Waals surface area contributed by atoms with E-state index in [-0.39, 0.29) is 12.1 Å². The fourth-order valence-electron chi connectivity index (χ4n) is 2.35. The van der Waals surface area contributed by atoms with E-state index in [1.807, 2.05) is 29.9 Å². The highest BCUT2D eigenvalue weighted by atomic mass is 79.9. The van der Waals surface area contributed by atoms with E-state index in [0.717, 1.165) is 21.5 Å². The van der Waals surface area contributed by atoms with Crippen molar-refractivity contribution in [3.05, 3.63) is 45.1 Å². The van der Waals surface area contributed by atoms with Crippen molar-refractivity contribution >= 4 is 27.5 Å². The van der Waals surface area contributed by atoms with Crippen LogP contribution in [0.2, 0.25) is 5.02 Å². The molecule has 1 unspecified atom stereocenters. The van der Waals surface area contributed by atoms with Gasteiger partial charge in [-0.2, -0.15) is 5.10 Å². The summed E-state index contributed by atoms with van der Waals surface area (Å²) >= 11 is 9.64. The smallest absolute Gasteiger partial charge is 0.161 e. The largest absolute Gasteiger partial charge is 0.493 e. The zero-order chi connectivity index (χ0) is 15.6. The second-order valence-electron chi connectivity index (χ2n) is 5.03. The molecule has 0 amide bonds. The number of ether oxygens (including phenoxy) is 1. The quantitative estimate of drug-likeness (QED) is 0.855. The van der Waals surface area contributed by atoms with Gasteiger partial charge < -0.3 is 10.1 Å². The molecule has 0 spiro atoms. The fraction of sp³-hybridized carbons (Fsp3) is 0.400. The molecule has 2 rings (SSSR count). The Kier molecular flexibility index (Phi) is 5.30. The SMILES string of the molecule is CNC(c1ccc(Br)c(Cl)c1)c1c(OC)cnn1C(C)C. The molecule has 21 heavy (non-hydrogen) atoms. The summed E-state index contributed by atoms with van der Waals surface area (Å²) in [7, 11) is 3.57. The molecule has 0 aliphatic rings. The number of methoxy groups -OCH3 is 1. The van der Waals surface area contributed by atoms with Gasteiger partial charge in [0.2, 0.25) is 0 Å². The fourth-order valence-corrected chi connectivity index (χ4v) is 2.79. The third-order valence-corrected chi connectivity index (χ3v) is 4.58. The van der Waals surface area contributed by atoms with Crippen LogP contribution in [0, 0.1) is 0 Å². The lowest BCUT2D eigenvalue weighted by Crippen LogP contribution is -2.23. The molecular formula is C15H19BrClN3O. The number of rotatable bonds is 5. The lowest BCUT2D eigenvalue weighted by atomic mass is 10.0. The number of halogens is 2. The van der Waals surface area contributed by atoms with E-state index in [1.165, 1.54) is 0 Å². The van der Waals surface area contributed by atoms with Crippen LogP contribution in [0.1, 0.15) is 37.2 Å². The molecule has 0 fully saturated rings. The van der Waals surface area contributed by atoms with E-state index in [1.54, 1.807) is 13.3 Å². The van der Waals surface area contributed by atoms with E-state index >= 15 is 0 Å². The summed E-state index contributed by atoms with van der Waals surface area (Å²) in [5, 5.41) is 8.44.